The van der Waals surface area contributed by atoms with Crippen LogP contribution in [-0.4, -0.2) is 50.7 Å². The zero-order chi connectivity index (χ0) is 10.4. The van der Waals surface area contributed by atoms with Crippen LogP contribution in [0.2, 0.25) is 0 Å². The number of hydrogen-bond donors (Lipinski definition) is 1. The largest absolute Gasteiger partial charge is 0.368 e. The lowest BCUT2D eigenvalue weighted by Gasteiger charge is -2.12. The number of rotatable bonds is 5. The molecule has 4 nitrogen and oxygen atoms in total. The van der Waals surface area contributed by atoms with Crippen LogP contribution in [0.15, 0.2) is 0 Å². The van der Waals surface area contributed by atoms with E-state index in [9.17, 15) is 4.79 Å². The van der Waals surface area contributed by atoms with Gasteiger partial charge < -0.3 is 15.0 Å². The summed E-state index contributed by atoms with van der Waals surface area (Å²) >= 11 is 0. The van der Waals surface area contributed by atoms with Crippen molar-refractivity contribution in [3.63, 3.8) is 0 Å². The average Bonchev–Trinajstić information content (AvgIpc) is 2.64. The van der Waals surface area contributed by atoms with Gasteiger partial charge in [0.2, 0.25) is 5.91 Å². The Kier molecular flexibility index (Phi) is 4.90. The van der Waals surface area contributed by atoms with Gasteiger partial charge in [0.05, 0.1) is 0 Å². The number of hydrogen-bond acceptors (Lipinski definition) is 3. The third kappa shape index (κ3) is 4.07. The third-order valence-electron chi connectivity index (χ3n) is 2.30. The molecule has 0 saturated carbocycles. The molecule has 1 rings (SSSR count). The van der Waals surface area contributed by atoms with Crippen LogP contribution >= 0.6 is 0 Å². The smallest absolute Gasteiger partial charge is 0.249 e. The van der Waals surface area contributed by atoms with Crippen molar-refractivity contribution < 1.29 is 9.53 Å². The summed E-state index contributed by atoms with van der Waals surface area (Å²) in [6.45, 7) is 2.48. The summed E-state index contributed by atoms with van der Waals surface area (Å²) in [5, 5.41) is 2.89. The van der Waals surface area contributed by atoms with E-state index in [2.05, 4.69) is 10.2 Å². The first-order valence-electron chi connectivity index (χ1n) is 5.24. The maximum atomic E-state index is 11.4. The van der Waals surface area contributed by atoms with Crippen molar-refractivity contribution in [3.05, 3.63) is 0 Å². The van der Waals surface area contributed by atoms with E-state index in [0.29, 0.717) is 0 Å². The molecule has 1 aliphatic heterocycles. The molecule has 1 amide bonds. The molecule has 0 bridgehead atoms. The standard InChI is InChI=1S/C10H20N2O2/c1-12(2)7-4-6-11-10(13)9-5-3-8-14-9/h9H,3-8H2,1-2H3,(H,11,13). The normalized spacial score (nSPS) is 21.5. The Morgan fingerprint density at radius 1 is 1.57 bits per heavy atom. The molecule has 1 fully saturated rings. The fraction of sp³-hybridized carbons (Fsp3) is 0.900. The topological polar surface area (TPSA) is 41.6 Å². The number of ether oxygens (including phenoxy) is 1. The Bertz CT molecular complexity index is 177. The van der Waals surface area contributed by atoms with Gasteiger partial charge in [-0.3, -0.25) is 4.79 Å². The van der Waals surface area contributed by atoms with Crippen molar-refractivity contribution in [2.24, 2.45) is 0 Å². The van der Waals surface area contributed by atoms with E-state index in [1.165, 1.54) is 0 Å². The third-order valence-corrected chi connectivity index (χ3v) is 2.30. The van der Waals surface area contributed by atoms with E-state index in [-0.39, 0.29) is 12.0 Å². The molecule has 0 radical (unpaired) electrons. The fourth-order valence-electron chi connectivity index (χ4n) is 1.51. The van der Waals surface area contributed by atoms with Crippen LogP contribution in [0.25, 0.3) is 0 Å². The van der Waals surface area contributed by atoms with Gasteiger partial charge >= 0.3 is 0 Å². The SMILES string of the molecule is CN(C)CCCNC(=O)C1CCCO1. The van der Waals surface area contributed by atoms with Gasteiger partial charge in [-0.15, -0.1) is 0 Å². The Morgan fingerprint density at radius 2 is 2.36 bits per heavy atom. The minimum atomic E-state index is -0.186. The maximum absolute atomic E-state index is 11.4. The summed E-state index contributed by atoms with van der Waals surface area (Å²) in [6, 6.07) is 0. The molecule has 0 aromatic heterocycles. The highest BCUT2D eigenvalue weighted by atomic mass is 16.5. The van der Waals surface area contributed by atoms with Crippen LogP contribution in [-0.2, 0) is 9.53 Å². The summed E-state index contributed by atoms with van der Waals surface area (Å²) in [6.07, 6.45) is 2.69. The van der Waals surface area contributed by atoms with Crippen LogP contribution in [0.3, 0.4) is 0 Å². The van der Waals surface area contributed by atoms with Gasteiger partial charge in [-0.25, -0.2) is 0 Å². The van der Waals surface area contributed by atoms with Crippen molar-refractivity contribution >= 4 is 5.91 Å². The number of carbonyl (C=O) groups excluding carboxylic acids is 1. The van der Waals surface area contributed by atoms with Crippen LogP contribution < -0.4 is 5.32 Å². The second kappa shape index (κ2) is 5.98. The predicted octanol–water partition coefficient (Wildman–Crippen LogP) is 0.233. The molecule has 0 aromatic rings. The molecule has 1 unspecified atom stereocenters. The lowest BCUT2D eigenvalue weighted by Crippen LogP contribution is -2.35. The first kappa shape index (κ1) is 11.5. The molecule has 1 saturated heterocycles. The van der Waals surface area contributed by atoms with E-state index in [1.807, 2.05) is 14.1 Å². The van der Waals surface area contributed by atoms with Gasteiger partial charge in [-0.05, 0) is 39.9 Å². The summed E-state index contributed by atoms with van der Waals surface area (Å²) in [5.41, 5.74) is 0. The monoisotopic (exact) mass is 200 g/mol. The minimum Gasteiger partial charge on any atom is -0.368 e. The zero-order valence-corrected chi connectivity index (χ0v) is 9.08. The average molecular weight is 200 g/mol. The number of nitrogens with zero attached hydrogens (tertiary/aromatic N) is 1. The van der Waals surface area contributed by atoms with Crippen LogP contribution in [0, 0.1) is 0 Å². The summed E-state index contributed by atoms with van der Waals surface area (Å²) in [4.78, 5) is 13.5. The van der Waals surface area contributed by atoms with E-state index < -0.39 is 0 Å². The highest BCUT2D eigenvalue weighted by Gasteiger charge is 2.22. The van der Waals surface area contributed by atoms with Gasteiger partial charge in [0, 0.05) is 13.2 Å². The summed E-state index contributed by atoms with van der Waals surface area (Å²) in [7, 11) is 4.06. The lowest BCUT2D eigenvalue weighted by molar-refractivity contribution is -0.130. The molecule has 1 aliphatic rings. The molecular formula is C10H20N2O2. The maximum Gasteiger partial charge on any atom is 0.249 e. The Labute approximate surface area is 85.6 Å². The van der Waals surface area contributed by atoms with Crippen LogP contribution in [0.1, 0.15) is 19.3 Å². The molecule has 1 heterocycles. The van der Waals surface area contributed by atoms with Gasteiger partial charge in [-0.1, -0.05) is 0 Å². The second-order valence-corrected chi connectivity index (χ2v) is 3.95. The Morgan fingerprint density at radius 3 is 2.93 bits per heavy atom. The molecule has 4 heteroatoms. The van der Waals surface area contributed by atoms with Crippen molar-refractivity contribution in [1.82, 2.24) is 10.2 Å². The highest BCUT2D eigenvalue weighted by molar-refractivity contribution is 5.80. The van der Waals surface area contributed by atoms with E-state index in [4.69, 9.17) is 4.74 Å². The first-order valence-corrected chi connectivity index (χ1v) is 5.24. The summed E-state index contributed by atoms with van der Waals surface area (Å²) in [5.74, 6) is 0.0567. The molecule has 0 spiro atoms. The molecule has 1 N–H and O–H groups in total. The van der Waals surface area contributed by atoms with Crippen molar-refractivity contribution in [2.45, 2.75) is 25.4 Å². The molecular weight excluding hydrogens is 180 g/mol. The highest BCUT2D eigenvalue weighted by Crippen LogP contribution is 2.11. The van der Waals surface area contributed by atoms with Crippen LogP contribution in [0.5, 0.6) is 0 Å². The number of nitrogens with one attached hydrogen (secondary N) is 1. The molecule has 14 heavy (non-hydrogen) atoms. The predicted molar refractivity (Wildman–Crippen MR) is 55.2 cm³/mol. The lowest BCUT2D eigenvalue weighted by atomic mass is 10.2. The van der Waals surface area contributed by atoms with Gasteiger partial charge in [0.15, 0.2) is 0 Å². The van der Waals surface area contributed by atoms with Gasteiger partial charge in [-0.2, -0.15) is 0 Å². The molecule has 0 aromatic carbocycles. The van der Waals surface area contributed by atoms with E-state index in [1.54, 1.807) is 0 Å². The molecule has 1 atom stereocenters. The number of carbonyl (C=O) groups is 1. The van der Waals surface area contributed by atoms with Crippen molar-refractivity contribution in [2.75, 3.05) is 33.8 Å². The summed E-state index contributed by atoms with van der Waals surface area (Å²) < 4.78 is 5.27. The molecule has 82 valence electrons. The van der Waals surface area contributed by atoms with Gasteiger partial charge in [0.1, 0.15) is 6.10 Å². The second-order valence-electron chi connectivity index (χ2n) is 3.95. The van der Waals surface area contributed by atoms with E-state index in [0.717, 1.165) is 39.0 Å². The zero-order valence-electron chi connectivity index (χ0n) is 9.08. The van der Waals surface area contributed by atoms with Crippen LogP contribution in [0.4, 0.5) is 0 Å². The molecule has 0 aliphatic carbocycles. The Balaban J connectivity index is 2.03. The minimum absolute atomic E-state index is 0.0567. The number of amides is 1. The first-order chi connectivity index (χ1) is 6.70. The van der Waals surface area contributed by atoms with Crippen molar-refractivity contribution in [3.8, 4) is 0 Å². The van der Waals surface area contributed by atoms with Gasteiger partial charge in [0.25, 0.3) is 0 Å². The fourth-order valence-corrected chi connectivity index (χ4v) is 1.51. The van der Waals surface area contributed by atoms with E-state index >= 15 is 0 Å². The van der Waals surface area contributed by atoms with Crippen molar-refractivity contribution in [1.29, 1.82) is 0 Å². The quantitative estimate of drug-likeness (QED) is 0.646. The Hall–Kier alpha value is -0.610.